The lowest BCUT2D eigenvalue weighted by molar-refractivity contribution is -0.385. The molecular weight excluding hydrogens is 445 g/mol. The van der Waals surface area contributed by atoms with E-state index in [2.05, 4.69) is 5.32 Å². The van der Waals surface area contributed by atoms with E-state index in [-0.39, 0.29) is 17.1 Å². The van der Waals surface area contributed by atoms with Crippen LogP contribution in [0.15, 0.2) is 60.7 Å². The molecule has 0 fully saturated rings. The van der Waals surface area contributed by atoms with Crippen LogP contribution in [0.25, 0.3) is 0 Å². The molecule has 33 heavy (non-hydrogen) atoms. The van der Waals surface area contributed by atoms with Gasteiger partial charge in [0.05, 0.1) is 30.4 Å². The lowest BCUT2D eigenvalue weighted by Gasteiger charge is -2.14. The summed E-state index contributed by atoms with van der Waals surface area (Å²) in [5.41, 5.74) is -1.45. The molecule has 3 rings (SSSR count). The fourth-order valence-electron chi connectivity index (χ4n) is 2.88. The number of nitrogens with one attached hydrogen (secondary N) is 1. The zero-order valence-electron chi connectivity index (χ0n) is 17.3. The van der Waals surface area contributed by atoms with Crippen LogP contribution in [-0.4, -0.2) is 25.1 Å². The molecular formula is C22H17F3N2O6. The van der Waals surface area contributed by atoms with Crippen LogP contribution in [0.3, 0.4) is 0 Å². The highest BCUT2D eigenvalue weighted by Gasteiger charge is 2.33. The fourth-order valence-corrected chi connectivity index (χ4v) is 2.88. The van der Waals surface area contributed by atoms with E-state index in [1.54, 1.807) is 24.3 Å². The van der Waals surface area contributed by atoms with Crippen LogP contribution in [0.2, 0.25) is 0 Å². The summed E-state index contributed by atoms with van der Waals surface area (Å²) in [7, 11) is 2.74. The second-order valence-corrected chi connectivity index (χ2v) is 6.56. The third kappa shape index (κ3) is 5.32. The maximum absolute atomic E-state index is 12.9. The van der Waals surface area contributed by atoms with Crippen LogP contribution in [-0.2, 0) is 6.18 Å². The zero-order chi connectivity index (χ0) is 24.2. The van der Waals surface area contributed by atoms with Gasteiger partial charge in [-0.05, 0) is 42.5 Å². The predicted molar refractivity (Wildman–Crippen MR) is 112 cm³/mol. The molecule has 3 aromatic carbocycles. The Kier molecular flexibility index (Phi) is 6.71. The number of carbonyl (C=O) groups is 1. The summed E-state index contributed by atoms with van der Waals surface area (Å²) in [5, 5.41) is 14.0. The Hall–Kier alpha value is -4.28. The van der Waals surface area contributed by atoms with Gasteiger partial charge in [-0.3, -0.25) is 14.9 Å². The number of nitrogens with zero attached hydrogens (tertiary/aromatic N) is 1. The molecule has 3 aromatic rings. The van der Waals surface area contributed by atoms with Crippen LogP contribution >= 0.6 is 0 Å². The first kappa shape index (κ1) is 23.4. The smallest absolute Gasteiger partial charge is 0.416 e. The topological polar surface area (TPSA) is 99.9 Å². The van der Waals surface area contributed by atoms with E-state index in [1.165, 1.54) is 32.4 Å². The van der Waals surface area contributed by atoms with Crippen LogP contribution in [0, 0.1) is 10.1 Å². The van der Waals surface area contributed by atoms with Gasteiger partial charge in [0.25, 0.3) is 5.91 Å². The minimum Gasteiger partial charge on any atom is -0.495 e. The van der Waals surface area contributed by atoms with E-state index in [1.807, 2.05) is 0 Å². The van der Waals surface area contributed by atoms with Gasteiger partial charge < -0.3 is 19.5 Å². The number of halogens is 3. The van der Waals surface area contributed by atoms with Crippen molar-refractivity contribution < 1.29 is 37.1 Å². The first-order chi connectivity index (χ1) is 15.6. The third-order valence-corrected chi connectivity index (χ3v) is 4.48. The van der Waals surface area contributed by atoms with Crippen LogP contribution in [0.4, 0.5) is 24.5 Å². The lowest BCUT2D eigenvalue weighted by Crippen LogP contribution is -2.12. The molecule has 0 saturated carbocycles. The number of anilines is 1. The highest BCUT2D eigenvalue weighted by molar-refractivity contribution is 6.05. The van der Waals surface area contributed by atoms with Gasteiger partial charge in [-0.2, -0.15) is 13.2 Å². The van der Waals surface area contributed by atoms with Crippen molar-refractivity contribution in [3.63, 3.8) is 0 Å². The molecule has 0 spiro atoms. The molecule has 1 amide bonds. The van der Waals surface area contributed by atoms with Gasteiger partial charge in [0, 0.05) is 11.6 Å². The summed E-state index contributed by atoms with van der Waals surface area (Å²) < 4.78 is 54.6. The second-order valence-electron chi connectivity index (χ2n) is 6.56. The quantitative estimate of drug-likeness (QED) is 0.358. The first-order valence-corrected chi connectivity index (χ1v) is 9.30. The highest BCUT2D eigenvalue weighted by atomic mass is 19.4. The molecule has 0 saturated heterocycles. The molecule has 0 aromatic heterocycles. The summed E-state index contributed by atoms with van der Waals surface area (Å²) in [4.78, 5) is 22.9. The number of rotatable bonds is 7. The van der Waals surface area contributed by atoms with Crippen molar-refractivity contribution in [1.82, 2.24) is 0 Å². The lowest BCUT2D eigenvalue weighted by atomic mass is 10.1. The van der Waals surface area contributed by atoms with Gasteiger partial charge >= 0.3 is 11.9 Å². The third-order valence-electron chi connectivity index (χ3n) is 4.48. The van der Waals surface area contributed by atoms with Crippen LogP contribution in [0.5, 0.6) is 23.0 Å². The van der Waals surface area contributed by atoms with Gasteiger partial charge in [-0.25, -0.2) is 0 Å². The normalized spacial score (nSPS) is 10.9. The van der Waals surface area contributed by atoms with Crippen molar-refractivity contribution in [3.05, 3.63) is 81.9 Å². The molecule has 0 aliphatic heterocycles. The van der Waals surface area contributed by atoms with Gasteiger partial charge in [-0.15, -0.1) is 0 Å². The molecule has 0 aliphatic carbocycles. The SMILES string of the molecule is COc1ccccc1NC(=O)c1ccc(Oc2ccc(C(F)(F)F)cc2[N+](=O)[O-])c(OC)c1. The number of amides is 1. The van der Waals surface area contributed by atoms with Crippen molar-refractivity contribution in [3.8, 4) is 23.0 Å². The van der Waals surface area contributed by atoms with E-state index in [0.29, 0.717) is 23.6 Å². The number of benzene rings is 3. The van der Waals surface area contributed by atoms with E-state index < -0.39 is 34.0 Å². The largest absolute Gasteiger partial charge is 0.495 e. The van der Waals surface area contributed by atoms with E-state index in [0.717, 1.165) is 6.07 Å². The minimum absolute atomic E-state index is 0.0331. The molecule has 0 atom stereocenters. The maximum atomic E-state index is 12.9. The van der Waals surface area contributed by atoms with Gasteiger partial charge in [0.2, 0.25) is 5.75 Å². The maximum Gasteiger partial charge on any atom is 0.416 e. The fraction of sp³-hybridized carbons (Fsp3) is 0.136. The molecule has 0 aliphatic rings. The number of hydrogen-bond acceptors (Lipinski definition) is 6. The summed E-state index contributed by atoms with van der Waals surface area (Å²) in [6.45, 7) is 0. The number of nitro groups is 1. The Balaban J connectivity index is 1.89. The van der Waals surface area contributed by atoms with Gasteiger partial charge in [0.15, 0.2) is 11.5 Å². The Morgan fingerprint density at radius 2 is 1.58 bits per heavy atom. The number of alkyl halides is 3. The van der Waals surface area contributed by atoms with Gasteiger partial charge in [0.1, 0.15) is 5.75 Å². The zero-order valence-corrected chi connectivity index (χ0v) is 17.3. The van der Waals surface area contributed by atoms with Crippen molar-refractivity contribution in [2.75, 3.05) is 19.5 Å². The number of ether oxygens (including phenoxy) is 3. The molecule has 172 valence electrons. The minimum atomic E-state index is -4.75. The van der Waals surface area contributed by atoms with Crippen molar-refractivity contribution in [2.45, 2.75) is 6.18 Å². The molecule has 11 heteroatoms. The number of carbonyl (C=O) groups excluding carboxylic acids is 1. The molecule has 1 N–H and O–H groups in total. The number of para-hydroxylation sites is 2. The summed E-state index contributed by atoms with van der Waals surface area (Å²) in [5.74, 6) is -0.458. The van der Waals surface area contributed by atoms with E-state index >= 15 is 0 Å². The predicted octanol–water partition coefficient (Wildman–Crippen LogP) is 5.68. The average molecular weight is 462 g/mol. The monoisotopic (exact) mass is 462 g/mol. The Morgan fingerprint density at radius 1 is 0.909 bits per heavy atom. The molecule has 0 heterocycles. The number of hydrogen-bond donors (Lipinski definition) is 1. The van der Waals surface area contributed by atoms with Crippen molar-refractivity contribution in [2.24, 2.45) is 0 Å². The first-order valence-electron chi connectivity index (χ1n) is 9.30. The number of methoxy groups -OCH3 is 2. The van der Waals surface area contributed by atoms with Crippen LogP contribution < -0.4 is 19.5 Å². The second kappa shape index (κ2) is 9.47. The van der Waals surface area contributed by atoms with Crippen molar-refractivity contribution in [1.29, 1.82) is 0 Å². The average Bonchev–Trinajstić information content (AvgIpc) is 2.79. The number of nitro benzene ring substituents is 1. The van der Waals surface area contributed by atoms with Crippen LogP contribution in [0.1, 0.15) is 15.9 Å². The Labute approximate surface area is 185 Å². The van der Waals surface area contributed by atoms with Crippen molar-refractivity contribution >= 4 is 17.3 Å². The van der Waals surface area contributed by atoms with E-state index in [4.69, 9.17) is 14.2 Å². The summed E-state index contributed by atoms with van der Waals surface area (Å²) in [6, 6.07) is 12.7. The molecule has 0 bridgehead atoms. The summed E-state index contributed by atoms with van der Waals surface area (Å²) in [6.07, 6.45) is -4.75. The summed E-state index contributed by atoms with van der Waals surface area (Å²) >= 11 is 0. The molecule has 8 nitrogen and oxygen atoms in total. The Morgan fingerprint density at radius 3 is 2.21 bits per heavy atom. The standard InChI is InChI=1S/C22H17F3N2O6/c1-31-17-6-4-3-5-15(17)26-21(28)13-7-9-19(20(11-13)32-2)33-18-10-8-14(22(23,24)25)12-16(18)27(29)30/h3-12H,1-2H3,(H,26,28). The van der Waals surface area contributed by atoms with E-state index in [9.17, 15) is 28.1 Å². The van der Waals surface area contributed by atoms with Gasteiger partial charge in [-0.1, -0.05) is 12.1 Å². The Bertz CT molecular complexity index is 1200. The molecule has 0 unspecified atom stereocenters. The highest BCUT2D eigenvalue weighted by Crippen LogP contribution is 2.40. The molecule has 0 radical (unpaired) electrons.